The molecule has 0 aromatic heterocycles. The van der Waals surface area contributed by atoms with Crippen LogP contribution >= 0.6 is 0 Å². The zero-order valence-electron chi connectivity index (χ0n) is 25.6. The molecule has 5 nitrogen and oxygen atoms in total. The van der Waals surface area contributed by atoms with Crippen molar-refractivity contribution in [2.24, 2.45) is 5.92 Å². The highest BCUT2D eigenvalue weighted by atomic mass is 19.1. The Balaban J connectivity index is 1.47. The summed E-state index contributed by atoms with van der Waals surface area (Å²) in [6.07, 6.45) is 3.76. The Labute approximate surface area is 250 Å². The first-order valence-corrected chi connectivity index (χ1v) is 15.3. The number of aryl methyl sites for hydroxylation is 1. The van der Waals surface area contributed by atoms with Crippen LogP contribution < -0.4 is 5.32 Å². The van der Waals surface area contributed by atoms with E-state index >= 15 is 4.39 Å². The maximum absolute atomic E-state index is 15.0. The number of rotatable bonds is 6. The number of piperidine rings is 1. The van der Waals surface area contributed by atoms with Crippen molar-refractivity contribution in [1.82, 2.24) is 9.80 Å². The van der Waals surface area contributed by atoms with Crippen molar-refractivity contribution in [2.45, 2.75) is 84.3 Å². The van der Waals surface area contributed by atoms with Crippen LogP contribution in [0.15, 0.2) is 66.7 Å². The van der Waals surface area contributed by atoms with E-state index in [1.165, 1.54) is 24.5 Å². The van der Waals surface area contributed by atoms with E-state index in [0.717, 1.165) is 29.9 Å². The summed E-state index contributed by atoms with van der Waals surface area (Å²) in [5, 5.41) is 3.15. The molecule has 6 heteroatoms. The first-order valence-electron chi connectivity index (χ1n) is 15.3. The minimum Gasteiger partial charge on any atom is -0.331 e. The fraction of sp³-hybridized carbons (Fsp3) is 0.444. The van der Waals surface area contributed by atoms with Crippen molar-refractivity contribution in [3.63, 3.8) is 0 Å². The molecule has 2 aliphatic heterocycles. The minimum absolute atomic E-state index is 0.0520. The number of carbonyl (C=O) groups excluding carboxylic acids is 2. The topological polar surface area (TPSA) is 52.7 Å². The van der Waals surface area contributed by atoms with Gasteiger partial charge in [-0.1, -0.05) is 69.3 Å². The van der Waals surface area contributed by atoms with Crippen molar-refractivity contribution in [3.8, 4) is 0 Å². The van der Waals surface area contributed by atoms with Crippen LogP contribution in [0.5, 0.6) is 0 Å². The van der Waals surface area contributed by atoms with Crippen molar-refractivity contribution in [2.75, 3.05) is 18.4 Å². The lowest BCUT2D eigenvalue weighted by Crippen LogP contribution is -2.46. The van der Waals surface area contributed by atoms with E-state index in [0.29, 0.717) is 31.0 Å². The van der Waals surface area contributed by atoms with Gasteiger partial charge in [0.1, 0.15) is 5.82 Å². The molecule has 3 aromatic rings. The lowest BCUT2D eigenvalue weighted by atomic mass is 9.82. The van der Waals surface area contributed by atoms with Crippen LogP contribution in [0.25, 0.3) is 0 Å². The summed E-state index contributed by atoms with van der Waals surface area (Å²) in [4.78, 5) is 32.2. The molecule has 0 bridgehead atoms. The third-order valence-electron chi connectivity index (χ3n) is 9.06. The summed E-state index contributed by atoms with van der Waals surface area (Å²) in [6.45, 7) is 12.9. The first kappa shape index (κ1) is 30.0. The van der Waals surface area contributed by atoms with Crippen molar-refractivity contribution >= 4 is 17.5 Å². The molecule has 0 aliphatic carbocycles. The molecule has 2 fully saturated rings. The zero-order valence-corrected chi connectivity index (χ0v) is 25.6. The van der Waals surface area contributed by atoms with Crippen molar-refractivity contribution in [1.29, 1.82) is 0 Å². The third-order valence-corrected chi connectivity index (χ3v) is 9.06. The Kier molecular flexibility index (Phi) is 8.84. The fourth-order valence-corrected chi connectivity index (χ4v) is 6.54. The smallest absolute Gasteiger partial charge is 0.257 e. The number of hydrogen-bond acceptors (Lipinski definition) is 3. The van der Waals surface area contributed by atoms with Gasteiger partial charge in [0.25, 0.3) is 5.91 Å². The predicted molar refractivity (Wildman–Crippen MR) is 167 cm³/mol. The molecule has 5 rings (SSSR count). The quantitative estimate of drug-likeness (QED) is 0.332. The van der Waals surface area contributed by atoms with Crippen LogP contribution in [0.2, 0.25) is 0 Å². The summed E-state index contributed by atoms with van der Waals surface area (Å²) in [6, 6.07) is 21.1. The van der Waals surface area contributed by atoms with Gasteiger partial charge in [-0.25, -0.2) is 4.39 Å². The number of hydrogen-bond donors (Lipinski definition) is 1. The second-order valence-corrected chi connectivity index (χ2v) is 13.1. The van der Waals surface area contributed by atoms with Gasteiger partial charge in [-0.15, -0.1) is 0 Å². The van der Waals surface area contributed by atoms with Gasteiger partial charge in [-0.05, 0) is 91.9 Å². The van der Waals surface area contributed by atoms with Crippen LogP contribution in [0.1, 0.15) is 92.0 Å². The number of amides is 2. The Hall–Kier alpha value is -3.51. The van der Waals surface area contributed by atoms with Crippen molar-refractivity contribution in [3.05, 3.63) is 100 Å². The molecule has 3 aromatic carbocycles. The van der Waals surface area contributed by atoms with E-state index in [1.807, 2.05) is 18.2 Å². The standard InChI is InChI=1S/C36H44FN3O2/c1-24-10-6-15-31(37)32(24)35(42)40-21-9-14-30(34(41)38-29-13-7-12-28(22-29)36(3,4)5)33(40)27-18-16-26(17-19-27)23-39-20-8-11-25(39)2/h6-7,10,12-13,15-19,22,25,30,33H,8-9,11,14,20-21,23H2,1-5H3,(H,38,41)/t25?,30-,33-/m0/s1. The lowest BCUT2D eigenvalue weighted by Gasteiger charge is -2.41. The van der Waals surface area contributed by atoms with Gasteiger partial charge in [-0.2, -0.15) is 0 Å². The Morgan fingerprint density at radius 1 is 0.952 bits per heavy atom. The number of benzene rings is 3. The summed E-state index contributed by atoms with van der Waals surface area (Å²) in [5.74, 6) is -1.49. The molecular weight excluding hydrogens is 525 g/mol. The average Bonchev–Trinajstić information content (AvgIpc) is 3.36. The van der Waals surface area contributed by atoms with Crippen molar-refractivity contribution < 1.29 is 14.0 Å². The minimum atomic E-state index is -0.528. The van der Waals surface area contributed by atoms with Crippen LogP contribution in [-0.2, 0) is 16.8 Å². The third kappa shape index (κ3) is 6.44. The Bertz CT molecular complexity index is 1410. The normalized spacial score (nSPS) is 21.4. The number of anilines is 1. The van der Waals surface area contributed by atoms with Gasteiger partial charge in [0.15, 0.2) is 0 Å². The second-order valence-electron chi connectivity index (χ2n) is 13.1. The van der Waals surface area contributed by atoms with E-state index in [9.17, 15) is 9.59 Å². The molecule has 1 unspecified atom stereocenters. The SMILES string of the molecule is Cc1cccc(F)c1C(=O)N1CCC[C@H](C(=O)Nc2cccc(C(C)(C)C)c2)[C@@H]1c1ccc(CN2CCCC2C)cc1. The zero-order chi connectivity index (χ0) is 30.0. The average molecular weight is 570 g/mol. The van der Waals surface area contributed by atoms with E-state index in [1.54, 1.807) is 24.0 Å². The largest absolute Gasteiger partial charge is 0.331 e. The molecule has 2 amide bonds. The maximum atomic E-state index is 15.0. The van der Waals surface area contributed by atoms with Crippen LogP contribution in [0, 0.1) is 18.7 Å². The fourth-order valence-electron chi connectivity index (χ4n) is 6.54. The highest BCUT2D eigenvalue weighted by Gasteiger charge is 2.40. The van der Waals surface area contributed by atoms with Gasteiger partial charge >= 0.3 is 0 Å². The molecule has 2 saturated heterocycles. The summed E-state index contributed by atoms with van der Waals surface area (Å²) >= 11 is 0. The molecular formula is C36H44FN3O2. The molecule has 0 radical (unpaired) electrons. The van der Waals surface area contributed by atoms with Crippen LogP contribution in [0.4, 0.5) is 10.1 Å². The molecule has 3 atom stereocenters. The Morgan fingerprint density at radius 3 is 2.33 bits per heavy atom. The molecule has 2 heterocycles. The Morgan fingerprint density at radius 2 is 1.67 bits per heavy atom. The molecule has 0 spiro atoms. The monoisotopic (exact) mass is 569 g/mol. The second kappa shape index (κ2) is 12.4. The molecule has 1 N–H and O–H groups in total. The number of carbonyl (C=O) groups is 2. The van der Waals surface area contributed by atoms with Crippen LogP contribution in [0.3, 0.4) is 0 Å². The number of halogens is 1. The summed E-state index contributed by atoms with van der Waals surface area (Å²) in [7, 11) is 0. The maximum Gasteiger partial charge on any atom is 0.257 e. The van der Waals surface area contributed by atoms with Gasteiger partial charge in [0.2, 0.25) is 5.91 Å². The van der Waals surface area contributed by atoms with E-state index in [2.05, 4.69) is 68.2 Å². The van der Waals surface area contributed by atoms with E-state index in [-0.39, 0.29) is 22.8 Å². The predicted octanol–water partition coefficient (Wildman–Crippen LogP) is 7.65. The van der Waals surface area contributed by atoms with Gasteiger partial charge in [0, 0.05) is 24.8 Å². The van der Waals surface area contributed by atoms with E-state index < -0.39 is 17.8 Å². The lowest BCUT2D eigenvalue weighted by molar-refractivity contribution is -0.123. The highest BCUT2D eigenvalue weighted by Crippen LogP contribution is 2.39. The molecule has 222 valence electrons. The number of nitrogens with zero attached hydrogens (tertiary/aromatic N) is 2. The number of likely N-dealkylation sites (tertiary alicyclic amines) is 2. The van der Waals surface area contributed by atoms with Gasteiger partial charge < -0.3 is 10.2 Å². The number of nitrogens with one attached hydrogen (secondary N) is 1. The van der Waals surface area contributed by atoms with Gasteiger partial charge in [0.05, 0.1) is 17.5 Å². The van der Waals surface area contributed by atoms with Crippen LogP contribution in [-0.4, -0.2) is 40.7 Å². The summed E-state index contributed by atoms with van der Waals surface area (Å²) < 4.78 is 15.0. The van der Waals surface area contributed by atoms with Gasteiger partial charge in [-0.3, -0.25) is 14.5 Å². The first-order chi connectivity index (χ1) is 20.0. The summed E-state index contributed by atoms with van der Waals surface area (Å²) in [5.41, 5.74) is 4.62. The molecule has 2 aliphatic rings. The molecule has 42 heavy (non-hydrogen) atoms. The molecule has 0 saturated carbocycles. The highest BCUT2D eigenvalue weighted by molar-refractivity contribution is 5.98. The van der Waals surface area contributed by atoms with E-state index in [4.69, 9.17) is 0 Å².